The Labute approximate surface area is 170 Å². The summed E-state index contributed by atoms with van der Waals surface area (Å²) in [5.41, 5.74) is 3.51. The van der Waals surface area contributed by atoms with Crippen molar-refractivity contribution in [3.05, 3.63) is 71.3 Å². The molecule has 0 atom stereocenters. The third-order valence-electron chi connectivity index (χ3n) is 4.60. The van der Waals surface area contributed by atoms with E-state index in [1.807, 2.05) is 36.4 Å². The van der Waals surface area contributed by atoms with Gasteiger partial charge in [0.15, 0.2) is 0 Å². The summed E-state index contributed by atoms with van der Waals surface area (Å²) in [7, 11) is 0. The number of aryl methyl sites for hydroxylation is 1. The van der Waals surface area contributed by atoms with Gasteiger partial charge in [-0.05, 0) is 41.7 Å². The molecule has 0 saturated carbocycles. The van der Waals surface area contributed by atoms with Crippen molar-refractivity contribution in [2.45, 2.75) is 58.8 Å². The summed E-state index contributed by atoms with van der Waals surface area (Å²) >= 11 is 5.52. The lowest BCUT2D eigenvalue weighted by atomic mass is 10.0. The molecule has 0 aliphatic carbocycles. The van der Waals surface area contributed by atoms with Gasteiger partial charge in [-0.2, -0.15) is 0 Å². The molecule has 0 spiro atoms. The van der Waals surface area contributed by atoms with Gasteiger partial charge in [-0.25, -0.2) is 0 Å². The van der Waals surface area contributed by atoms with Crippen LogP contribution in [0.3, 0.4) is 0 Å². The Kier molecular flexibility index (Phi) is 9.86. The van der Waals surface area contributed by atoms with Crippen LogP contribution in [0.15, 0.2) is 54.6 Å². The van der Waals surface area contributed by atoms with Crippen molar-refractivity contribution < 1.29 is 4.74 Å². The minimum Gasteiger partial charge on any atom is -0.493 e. The molecule has 2 rings (SSSR count). The SMILES string of the molecule is CCCCCCCOc1cc(C=CC(=S)c2ccccc2)ccc1CCC. The van der Waals surface area contributed by atoms with E-state index in [0.717, 1.165) is 47.6 Å². The highest BCUT2D eigenvalue weighted by molar-refractivity contribution is 7.81. The lowest BCUT2D eigenvalue weighted by Gasteiger charge is -2.12. The van der Waals surface area contributed by atoms with Crippen LogP contribution in [0, 0.1) is 0 Å². The van der Waals surface area contributed by atoms with E-state index in [1.54, 1.807) is 0 Å². The van der Waals surface area contributed by atoms with E-state index in [9.17, 15) is 0 Å². The van der Waals surface area contributed by atoms with Crippen molar-refractivity contribution in [3.8, 4) is 5.75 Å². The monoisotopic (exact) mass is 380 g/mol. The Bertz CT molecular complexity index is 718. The summed E-state index contributed by atoms with van der Waals surface area (Å²) < 4.78 is 6.14. The van der Waals surface area contributed by atoms with Crippen LogP contribution in [0.2, 0.25) is 0 Å². The van der Waals surface area contributed by atoms with E-state index >= 15 is 0 Å². The summed E-state index contributed by atoms with van der Waals surface area (Å²) in [6.07, 6.45) is 12.6. The summed E-state index contributed by atoms with van der Waals surface area (Å²) in [6, 6.07) is 16.6. The molecule has 27 heavy (non-hydrogen) atoms. The Morgan fingerprint density at radius 1 is 0.926 bits per heavy atom. The lowest BCUT2D eigenvalue weighted by molar-refractivity contribution is 0.301. The first-order valence-electron chi connectivity index (χ1n) is 10.3. The van der Waals surface area contributed by atoms with Gasteiger partial charge in [-0.3, -0.25) is 0 Å². The number of hydrogen-bond donors (Lipinski definition) is 0. The first kappa shape index (κ1) is 21.4. The topological polar surface area (TPSA) is 9.23 Å². The van der Waals surface area contributed by atoms with Crippen LogP contribution in [-0.2, 0) is 6.42 Å². The number of unbranched alkanes of at least 4 members (excludes halogenated alkanes) is 4. The van der Waals surface area contributed by atoms with Crippen LogP contribution in [0.4, 0.5) is 0 Å². The second-order valence-corrected chi connectivity index (χ2v) is 7.38. The second kappa shape index (κ2) is 12.5. The smallest absolute Gasteiger partial charge is 0.123 e. The third kappa shape index (κ3) is 7.68. The average Bonchev–Trinajstić information content (AvgIpc) is 2.71. The van der Waals surface area contributed by atoms with Crippen LogP contribution in [0.25, 0.3) is 6.08 Å². The Balaban J connectivity index is 2.00. The average molecular weight is 381 g/mol. The van der Waals surface area contributed by atoms with Gasteiger partial charge >= 0.3 is 0 Å². The highest BCUT2D eigenvalue weighted by atomic mass is 32.1. The Hall–Kier alpha value is -1.93. The van der Waals surface area contributed by atoms with Crippen LogP contribution in [0.5, 0.6) is 5.75 Å². The van der Waals surface area contributed by atoms with E-state index < -0.39 is 0 Å². The zero-order valence-corrected chi connectivity index (χ0v) is 17.6. The molecule has 0 aliphatic heterocycles. The summed E-state index contributed by atoms with van der Waals surface area (Å²) in [5, 5.41) is 0. The first-order chi connectivity index (χ1) is 13.2. The van der Waals surface area contributed by atoms with E-state index in [4.69, 9.17) is 17.0 Å². The summed E-state index contributed by atoms with van der Waals surface area (Å²) in [6.45, 7) is 5.26. The summed E-state index contributed by atoms with van der Waals surface area (Å²) in [5.74, 6) is 1.03. The molecule has 1 nitrogen and oxygen atoms in total. The highest BCUT2D eigenvalue weighted by Crippen LogP contribution is 2.23. The van der Waals surface area contributed by atoms with Gasteiger partial charge in [0.05, 0.1) is 6.61 Å². The number of ether oxygens (including phenoxy) is 1. The quantitative estimate of drug-likeness (QED) is 0.164. The molecule has 0 unspecified atom stereocenters. The number of hydrogen-bond acceptors (Lipinski definition) is 2. The Morgan fingerprint density at radius 3 is 2.44 bits per heavy atom. The maximum absolute atomic E-state index is 6.14. The van der Waals surface area contributed by atoms with Crippen LogP contribution >= 0.6 is 12.2 Å². The second-order valence-electron chi connectivity index (χ2n) is 6.94. The third-order valence-corrected chi connectivity index (χ3v) is 4.97. The number of thiocarbonyl (C=S) groups is 1. The van der Waals surface area contributed by atoms with Gasteiger partial charge in [0, 0.05) is 4.86 Å². The van der Waals surface area contributed by atoms with Crippen molar-refractivity contribution in [2.75, 3.05) is 6.61 Å². The fraction of sp³-hybridized carbons (Fsp3) is 0.400. The molecule has 0 bridgehead atoms. The molecule has 0 aromatic heterocycles. The van der Waals surface area contributed by atoms with Crippen LogP contribution in [-0.4, -0.2) is 11.5 Å². The fourth-order valence-corrected chi connectivity index (χ4v) is 3.25. The molecule has 0 saturated heterocycles. The van der Waals surface area contributed by atoms with Gasteiger partial charge in [-0.15, -0.1) is 0 Å². The van der Waals surface area contributed by atoms with Crippen LogP contribution < -0.4 is 4.74 Å². The van der Waals surface area contributed by atoms with Gasteiger partial charge in [0.25, 0.3) is 0 Å². The van der Waals surface area contributed by atoms with Crippen molar-refractivity contribution in [3.63, 3.8) is 0 Å². The molecule has 2 heteroatoms. The standard InChI is InChI=1S/C25H32OS/c1-3-5-6-7-11-19-26-24-20-21(15-17-22(24)12-4-2)16-18-25(27)23-13-9-8-10-14-23/h8-10,13-18,20H,3-7,11-12,19H2,1-2H3. The van der Waals surface area contributed by atoms with Crippen molar-refractivity contribution in [1.29, 1.82) is 0 Å². The predicted octanol–water partition coefficient (Wildman–Crippen LogP) is 7.42. The number of allylic oxidation sites excluding steroid dienone is 1. The number of benzene rings is 2. The van der Waals surface area contributed by atoms with Crippen molar-refractivity contribution in [1.82, 2.24) is 0 Å². The number of rotatable bonds is 12. The largest absolute Gasteiger partial charge is 0.493 e. The fourth-order valence-electron chi connectivity index (χ4n) is 3.04. The zero-order valence-electron chi connectivity index (χ0n) is 16.7. The van der Waals surface area contributed by atoms with Crippen LogP contribution in [0.1, 0.15) is 69.1 Å². The lowest BCUT2D eigenvalue weighted by Crippen LogP contribution is -2.01. The molecular weight excluding hydrogens is 348 g/mol. The van der Waals surface area contributed by atoms with Gasteiger partial charge in [0.1, 0.15) is 5.75 Å². The molecule has 2 aromatic carbocycles. The Morgan fingerprint density at radius 2 is 1.70 bits per heavy atom. The molecule has 0 N–H and O–H groups in total. The molecule has 144 valence electrons. The van der Waals surface area contributed by atoms with Gasteiger partial charge < -0.3 is 4.74 Å². The predicted molar refractivity (Wildman–Crippen MR) is 122 cm³/mol. The van der Waals surface area contributed by atoms with Crippen molar-refractivity contribution in [2.24, 2.45) is 0 Å². The van der Waals surface area contributed by atoms with E-state index in [1.165, 1.54) is 31.2 Å². The molecule has 0 fully saturated rings. The van der Waals surface area contributed by atoms with Crippen molar-refractivity contribution >= 4 is 23.2 Å². The van der Waals surface area contributed by atoms with E-state index in [2.05, 4.69) is 38.1 Å². The highest BCUT2D eigenvalue weighted by Gasteiger charge is 2.05. The van der Waals surface area contributed by atoms with Gasteiger partial charge in [-0.1, -0.05) is 107 Å². The van der Waals surface area contributed by atoms with Gasteiger partial charge in [0.2, 0.25) is 0 Å². The minimum atomic E-state index is 0.802. The maximum atomic E-state index is 6.14. The molecule has 0 aliphatic rings. The molecule has 2 aromatic rings. The zero-order chi connectivity index (χ0) is 19.3. The minimum absolute atomic E-state index is 0.802. The molecule has 0 heterocycles. The first-order valence-corrected chi connectivity index (χ1v) is 10.7. The van der Waals surface area contributed by atoms with E-state index in [0.29, 0.717) is 0 Å². The molecule has 0 radical (unpaired) electrons. The maximum Gasteiger partial charge on any atom is 0.123 e. The molecular formula is C25H32OS. The normalized spacial score (nSPS) is 11.0. The van der Waals surface area contributed by atoms with E-state index in [-0.39, 0.29) is 0 Å². The summed E-state index contributed by atoms with van der Waals surface area (Å²) in [4.78, 5) is 0.853. The molecule has 0 amide bonds.